The molecule has 2 aliphatic heterocycles. The van der Waals surface area contributed by atoms with E-state index in [0.717, 1.165) is 42.9 Å². The average molecular weight is 429 g/mol. The third-order valence-electron chi connectivity index (χ3n) is 6.15. The van der Waals surface area contributed by atoms with Crippen molar-refractivity contribution < 1.29 is 14.3 Å². The largest absolute Gasteiger partial charge is 0.493 e. The minimum absolute atomic E-state index is 0.0268. The zero-order valence-electron chi connectivity index (χ0n) is 18.1. The van der Waals surface area contributed by atoms with Crippen molar-refractivity contribution in [3.05, 3.63) is 95.6 Å². The molecule has 32 heavy (non-hydrogen) atoms. The fraction of sp³-hybridized carbons (Fsp3) is 0.296. The molecular formula is C27H28N2O3. The first-order chi connectivity index (χ1) is 15.8. The highest BCUT2D eigenvalue weighted by molar-refractivity contribution is 6.01. The van der Waals surface area contributed by atoms with Crippen LogP contribution in [0.15, 0.2) is 78.9 Å². The van der Waals surface area contributed by atoms with Gasteiger partial charge in [0.25, 0.3) is 5.91 Å². The molecule has 5 nitrogen and oxygen atoms in total. The Morgan fingerprint density at radius 2 is 1.75 bits per heavy atom. The minimum atomic E-state index is -0.311. The molecule has 2 heterocycles. The molecule has 0 saturated carbocycles. The first kappa shape index (κ1) is 20.6. The molecule has 1 saturated heterocycles. The number of hydrogen-bond acceptors (Lipinski definition) is 4. The van der Waals surface area contributed by atoms with E-state index < -0.39 is 0 Å². The minimum Gasteiger partial charge on any atom is -0.493 e. The van der Waals surface area contributed by atoms with Gasteiger partial charge in [0.15, 0.2) is 0 Å². The summed E-state index contributed by atoms with van der Waals surface area (Å²) in [6, 6.07) is 26.0. The third kappa shape index (κ3) is 4.34. The summed E-state index contributed by atoms with van der Waals surface area (Å²) in [7, 11) is 0. The van der Waals surface area contributed by atoms with E-state index in [2.05, 4.69) is 17.4 Å². The second kappa shape index (κ2) is 9.45. The summed E-state index contributed by atoms with van der Waals surface area (Å²) in [6.45, 7) is 1.90. The molecule has 2 aliphatic rings. The SMILES string of the molecule is O=C1c2ccccc2NC(c2ccccc2OCCc2ccccc2)N1CC1CCCO1. The van der Waals surface area contributed by atoms with Crippen molar-refractivity contribution in [3.63, 3.8) is 0 Å². The van der Waals surface area contributed by atoms with Crippen LogP contribution in [0.3, 0.4) is 0 Å². The summed E-state index contributed by atoms with van der Waals surface area (Å²) in [4.78, 5) is 15.4. The quantitative estimate of drug-likeness (QED) is 0.572. The number of fused-ring (bicyclic) bond motifs is 1. The van der Waals surface area contributed by atoms with Gasteiger partial charge in [0, 0.05) is 30.8 Å². The number of hydrogen-bond donors (Lipinski definition) is 1. The second-order valence-corrected chi connectivity index (χ2v) is 8.31. The van der Waals surface area contributed by atoms with Gasteiger partial charge >= 0.3 is 0 Å². The molecule has 0 spiro atoms. The second-order valence-electron chi connectivity index (χ2n) is 8.31. The number of nitrogens with one attached hydrogen (secondary N) is 1. The van der Waals surface area contributed by atoms with E-state index in [1.807, 2.05) is 71.6 Å². The third-order valence-corrected chi connectivity index (χ3v) is 6.15. The van der Waals surface area contributed by atoms with Crippen molar-refractivity contribution in [1.82, 2.24) is 4.90 Å². The van der Waals surface area contributed by atoms with Gasteiger partial charge in [-0.25, -0.2) is 0 Å². The van der Waals surface area contributed by atoms with E-state index in [1.165, 1.54) is 5.56 Å². The van der Waals surface area contributed by atoms with Crippen molar-refractivity contribution >= 4 is 11.6 Å². The van der Waals surface area contributed by atoms with Crippen molar-refractivity contribution in [3.8, 4) is 5.75 Å². The zero-order chi connectivity index (χ0) is 21.8. The first-order valence-corrected chi connectivity index (χ1v) is 11.3. The Labute approximate surface area is 189 Å². The number of benzene rings is 3. The summed E-state index contributed by atoms with van der Waals surface area (Å²) in [5.41, 5.74) is 3.75. The summed E-state index contributed by atoms with van der Waals surface area (Å²) < 4.78 is 12.1. The summed E-state index contributed by atoms with van der Waals surface area (Å²) in [5, 5.41) is 3.59. The average Bonchev–Trinajstić information content (AvgIpc) is 3.35. The summed E-state index contributed by atoms with van der Waals surface area (Å²) in [6.07, 6.45) is 2.61. The van der Waals surface area contributed by atoms with E-state index in [1.54, 1.807) is 0 Å². The van der Waals surface area contributed by atoms with Crippen molar-refractivity contribution in [2.24, 2.45) is 0 Å². The van der Waals surface area contributed by atoms with Gasteiger partial charge in [-0.2, -0.15) is 0 Å². The summed E-state index contributed by atoms with van der Waals surface area (Å²) in [5.74, 6) is 0.824. The number of carbonyl (C=O) groups is 1. The van der Waals surface area contributed by atoms with Gasteiger partial charge in [0.05, 0.1) is 18.3 Å². The number of anilines is 1. The molecule has 5 heteroatoms. The number of amides is 1. The maximum absolute atomic E-state index is 13.5. The van der Waals surface area contributed by atoms with E-state index >= 15 is 0 Å². The monoisotopic (exact) mass is 428 g/mol. The van der Waals surface area contributed by atoms with E-state index in [-0.39, 0.29) is 18.2 Å². The van der Waals surface area contributed by atoms with Crippen LogP contribution in [-0.4, -0.2) is 36.7 Å². The Balaban J connectivity index is 1.41. The smallest absolute Gasteiger partial charge is 0.257 e. The van der Waals surface area contributed by atoms with Crippen LogP contribution in [0.4, 0.5) is 5.69 Å². The van der Waals surface area contributed by atoms with Crippen LogP contribution in [-0.2, 0) is 11.2 Å². The van der Waals surface area contributed by atoms with Crippen LogP contribution in [0.5, 0.6) is 5.75 Å². The Morgan fingerprint density at radius 1 is 0.969 bits per heavy atom. The normalized spacial score (nSPS) is 20.0. The van der Waals surface area contributed by atoms with Gasteiger partial charge in [-0.15, -0.1) is 0 Å². The molecule has 5 rings (SSSR count). The molecule has 1 amide bonds. The van der Waals surface area contributed by atoms with Gasteiger partial charge in [-0.3, -0.25) is 4.79 Å². The van der Waals surface area contributed by atoms with Gasteiger partial charge in [0.2, 0.25) is 0 Å². The molecular weight excluding hydrogens is 400 g/mol. The lowest BCUT2D eigenvalue weighted by Gasteiger charge is -2.39. The lowest BCUT2D eigenvalue weighted by atomic mass is 10.0. The Kier molecular flexibility index (Phi) is 6.08. The van der Waals surface area contributed by atoms with Crippen LogP contribution in [0.25, 0.3) is 0 Å². The molecule has 164 valence electrons. The Morgan fingerprint density at radius 3 is 2.59 bits per heavy atom. The van der Waals surface area contributed by atoms with Gasteiger partial charge < -0.3 is 19.7 Å². The van der Waals surface area contributed by atoms with Crippen LogP contribution < -0.4 is 10.1 Å². The van der Waals surface area contributed by atoms with Gasteiger partial charge in [0.1, 0.15) is 11.9 Å². The highest BCUT2D eigenvalue weighted by Gasteiger charge is 2.36. The van der Waals surface area contributed by atoms with Gasteiger partial charge in [-0.05, 0) is 36.6 Å². The Hall–Kier alpha value is -3.31. The highest BCUT2D eigenvalue weighted by Crippen LogP contribution is 2.37. The zero-order valence-corrected chi connectivity index (χ0v) is 18.1. The van der Waals surface area contributed by atoms with Crippen LogP contribution in [0.1, 0.15) is 40.5 Å². The van der Waals surface area contributed by atoms with Crippen LogP contribution >= 0.6 is 0 Å². The number of rotatable bonds is 7. The molecule has 2 unspecified atom stereocenters. The standard InChI is InChI=1S/C27H28N2O3/c30-27-22-12-4-6-14-24(22)28-26(29(27)19-21-11-8-17-31-21)23-13-5-7-15-25(23)32-18-16-20-9-2-1-3-10-20/h1-7,9-10,12-15,21,26,28H,8,11,16-19H2. The maximum Gasteiger partial charge on any atom is 0.257 e. The van der Waals surface area contributed by atoms with E-state index in [9.17, 15) is 4.79 Å². The molecule has 3 aromatic rings. The van der Waals surface area contributed by atoms with Crippen LogP contribution in [0, 0.1) is 0 Å². The Bertz CT molecular complexity index is 1060. The number of carbonyl (C=O) groups excluding carboxylic acids is 1. The predicted octanol–water partition coefficient (Wildman–Crippen LogP) is 5.05. The fourth-order valence-electron chi connectivity index (χ4n) is 4.50. The maximum atomic E-state index is 13.5. The van der Waals surface area contributed by atoms with Crippen molar-refractivity contribution in [2.75, 3.05) is 25.1 Å². The molecule has 1 N–H and O–H groups in total. The van der Waals surface area contributed by atoms with Crippen LogP contribution in [0.2, 0.25) is 0 Å². The van der Waals surface area contributed by atoms with E-state index in [4.69, 9.17) is 9.47 Å². The topological polar surface area (TPSA) is 50.8 Å². The first-order valence-electron chi connectivity index (χ1n) is 11.3. The van der Waals surface area contributed by atoms with Crippen molar-refractivity contribution in [2.45, 2.75) is 31.5 Å². The van der Waals surface area contributed by atoms with E-state index in [0.29, 0.717) is 18.7 Å². The predicted molar refractivity (Wildman–Crippen MR) is 125 cm³/mol. The molecule has 1 fully saturated rings. The summed E-state index contributed by atoms with van der Waals surface area (Å²) >= 11 is 0. The number of nitrogens with zero attached hydrogens (tertiary/aromatic N) is 1. The highest BCUT2D eigenvalue weighted by atomic mass is 16.5. The lowest BCUT2D eigenvalue weighted by Crippen LogP contribution is -2.46. The fourth-order valence-corrected chi connectivity index (χ4v) is 4.50. The molecule has 0 bridgehead atoms. The molecule has 0 aromatic heterocycles. The molecule has 0 radical (unpaired) electrons. The number of ether oxygens (including phenoxy) is 2. The molecule has 3 aromatic carbocycles. The number of para-hydroxylation sites is 2. The van der Waals surface area contributed by atoms with Gasteiger partial charge in [-0.1, -0.05) is 60.7 Å². The molecule has 0 aliphatic carbocycles. The van der Waals surface area contributed by atoms with Crippen molar-refractivity contribution in [1.29, 1.82) is 0 Å². The molecule has 2 atom stereocenters. The lowest BCUT2D eigenvalue weighted by molar-refractivity contribution is 0.0424.